The molecule has 3 aromatic carbocycles. The Labute approximate surface area is 278 Å². The fraction of sp³-hybridized carbons (Fsp3) is 0.412. The molecule has 0 bridgehead atoms. The average molecular weight is 667 g/mol. The summed E-state index contributed by atoms with van der Waals surface area (Å²) in [6, 6.07) is 18.1. The molecule has 1 fully saturated rings. The normalized spacial score (nSPS) is 12.1. The number of anilines is 3. The third-order valence-corrected chi connectivity index (χ3v) is 8.17. The maximum atomic E-state index is 12.6. The summed E-state index contributed by atoms with van der Waals surface area (Å²) >= 11 is 19.8. The molecule has 9 heteroatoms. The average Bonchev–Trinajstić information content (AvgIpc) is 3.29. The maximum absolute atomic E-state index is 12.6. The predicted molar refractivity (Wildman–Crippen MR) is 192 cm³/mol. The van der Waals surface area contributed by atoms with Crippen LogP contribution in [0.4, 0.5) is 17.1 Å². The van der Waals surface area contributed by atoms with Crippen LogP contribution in [0.15, 0.2) is 60.7 Å². The van der Waals surface area contributed by atoms with Crippen LogP contribution >= 0.6 is 46.8 Å². The van der Waals surface area contributed by atoms with Gasteiger partial charge in [-0.2, -0.15) is 0 Å². The number of hydrogen-bond acceptors (Lipinski definition) is 4. The van der Waals surface area contributed by atoms with Gasteiger partial charge in [-0.1, -0.05) is 107 Å². The van der Waals surface area contributed by atoms with Crippen molar-refractivity contribution in [2.75, 3.05) is 27.2 Å². The summed E-state index contributed by atoms with van der Waals surface area (Å²) in [6.07, 6.45) is 9.68. The molecule has 0 spiro atoms. The molecular weight excluding hydrogens is 621 g/mol. The highest BCUT2D eigenvalue weighted by Crippen LogP contribution is 2.31. The first kappa shape index (κ1) is 38.6. The van der Waals surface area contributed by atoms with E-state index in [1.807, 2.05) is 57.2 Å². The van der Waals surface area contributed by atoms with Gasteiger partial charge in [-0.15, -0.1) is 0 Å². The zero-order valence-electron chi connectivity index (χ0n) is 26.0. The topological polar surface area (TPSA) is 61.4 Å². The number of halogens is 3. The molecule has 2 amide bonds. The number of carbonyl (C=O) groups excluding carboxylic acids is 2. The number of benzene rings is 3. The monoisotopic (exact) mass is 665 g/mol. The molecule has 43 heavy (non-hydrogen) atoms. The van der Waals surface area contributed by atoms with Gasteiger partial charge in [-0.25, -0.2) is 0 Å². The van der Waals surface area contributed by atoms with E-state index in [1.165, 1.54) is 44.1 Å². The Hall–Kier alpha value is -2.38. The second-order valence-electron chi connectivity index (χ2n) is 9.58. The molecule has 0 unspecified atom stereocenters. The summed E-state index contributed by atoms with van der Waals surface area (Å²) < 4.78 is 2.23. The number of nitrogens with one attached hydrogen (secondary N) is 2. The van der Waals surface area contributed by atoms with Crippen molar-refractivity contribution in [3.05, 3.63) is 86.9 Å². The van der Waals surface area contributed by atoms with Crippen LogP contribution in [0.3, 0.4) is 0 Å². The number of aryl methyl sites for hydroxylation is 1. The summed E-state index contributed by atoms with van der Waals surface area (Å²) in [7, 11) is 0. The van der Waals surface area contributed by atoms with Gasteiger partial charge < -0.3 is 14.9 Å². The minimum atomic E-state index is -0.325. The van der Waals surface area contributed by atoms with Crippen LogP contribution < -0.4 is 14.9 Å². The molecule has 5 nitrogen and oxygen atoms in total. The van der Waals surface area contributed by atoms with E-state index in [4.69, 9.17) is 34.8 Å². The quantitative estimate of drug-likeness (QED) is 0.143. The first-order valence-electron chi connectivity index (χ1n) is 15.0. The highest BCUT2D eigenvalue weighted by molar-refractivity contribution is 8.00. The molecule has 1 aliphatic rings. The van der Waals surface area contributed by atoms with Crippen molar-refractivity contribution >= 4 is 76.1 Å². The third-order valence-electron chi connectivity index (χ3n) is 6.11. The van der Waals surface area contributed by atoms with Gasteiger partial charge >= 0.3 is 0 Å². The molecule has 0 aliphatic carbocycles. The van der Waals surface area contributed by atoms with E-state index in [-0.39, 0.29) is 5.91 Å². The van der Waals surface area contributed by atoms with E-state index >= 15 is 0 Å². The Kier molecular flexibility index (Phi) is 20.7. The van der Waals surface area contributed by atoms with Crippen LogP contribution in [0.5, 0.6) is 0 Å². The molecular formula is C34H46Cl3N3O2S. The lowest BCUT2D eigenvalue weighted by Crippen LogP contribution is -2.16. The second-order valence-corrected chi connectivity index (χ2v) is 11.9. The molecule has 0 atom stereocenters. The number of nitrogens with zero attached hydrogens (tertiary/aromatic N) is 1. The molecule has 3 aromatic rings. The standard InChI is InChI=1S/C19H19Cl2N3O2S.C7H7Cl.C6H14.C2H6/c20-16-7-4-13(10-18(16)22-12-25)23-19(26)15-6-5-14(11-17(15)21)24-8-2-1-3-9-27-24;1-6-3-2-4-7(8)5-6;1-3-5-6-4-2;1-2/h4-7,10-12H,1-3,8-9H2,(H,22,25)(H,23,26);2-5H,1H3;3-6H2,1-2H3;1-2H3. The number of hydrogen-bond donors (Lipinski definition) is 2. The molecule has 4 rings (SSSR count). The Morgan fingerprint density at radius 3 is 2.21 bits per heavy atom. The molecule has 1 aliphatic heterocycles. The van der Waals surface area contributed by atoms with Crippen molar-refractivity contribution in [2.24, 2.45) is 0 Å². The first-order valence-corrected chi connectivity index (χ1v) is 17.1. The minimum Gasteiger partial charge on any atom is -0.327 e. The maximum Gasteiger partial charge on any atom is 0.257 e. The van der Waals surface area contributed by atoms with Crippen molar-refractivity contribution in [3.63, 3.8) is 0 Å². The highest BCUT2D eigenvalue weighted by Gasteiger charge is 2.16. The minimum absolute atomic E-state index is 0.325. The van der Waals surface area contributed by atoms with Crippen molar-refractivity contribution < 1.29 is 9.59 Å². The Morgan fingerprint density at radius 2 is 1.63 bits per heavy atom. The largest absolute Gasteiger partial charge is 0.327 e. The van der Waals surface area contributed by atoms with Crippen molar-refractivity contribution in [3.8, 4) is 0 Å². The lowest BCUT2D eigenvalue weighted by molar-refractivity contribution is -0.105. The first-order chi connectivity index (χ1) is 20.8. The number of carbonyl (C=O) groups is 2. The summed E-state index contributed by atoms with van der Waals surface area (Å²) in [5.41, 5.74) is 3.53. The van der Waals surface area contributed by atoms with E-state index < -0.39 is 0 Å². The number of rotatable bonds is 8. The summed E-state index contributed by atoms with van der Waals surface area (Å²) in [6.45, 7) is 11.5. The van der Waals surface area contributed by atoms with Gasteiger partial charge in [0.05, 0.1) is 21.3 Å². The molecule has 2 N–H and O–H groups in total. The summed E-state index contributed by atoms with van der Waals surface area (Å²) in [5.74, 6) is 0.766. The van der Waals surface area contributed by atoms with Gasteiger partial charge in [0, 0.05) is 28.7 Å². The third kappa shape index (κ3) is 15.3. The Bertz CT molecular complexity index is 1210. The molecule has 1 saturated heterocycles. The highest BCUT2D eigenvalue weighted by atomic mass is 35.5. The van der Waals surface area contributed by atoms with Gasteiger partial charge in [0.25, 0.3) is 5.91 Å². The molecule has 236 valence electrons. The van der Waals surface area contributed by atoms with Crippen molar-refractivity contribution in [2.45, 2.75) is 79.6 Å². The van der Waals surface area contributed by atoms with E-state index in [0.29, 0.717) is 33.4 Å². The lowest BCUT2D eigenvalue weighted by Gasteiger charge is -2.21. The van der Waals surface area contributed by atoms with Gasteiger partial charge in [0.1, 0.15) is 0 Å². The van der Waals surface area contributed by atoms with Crippen LogP contribution in [-0.2, 0) is 4.79 Å². The molecule has 0 saturated carbocycles. The number of amides is 2. The van der Waals surface area contributed by atoms with Crippen LogP contribution in [0.1, 0.15) is 88.6 Å². The van der Waals surface area contributed by atoms with E-state index in [2.05, 4.69) is 28.8 Å². The van der Waals surface area contributed by atoms with Crippen LogP contribution in [-0.4, -0.2) is 24.6 Å². The van der Waals surface area contributed by atoms with Crippen LogP contribution in [0.25, 0.3) is 0 Å². The second kappa shape index (κ2) is 23.1. The van der Waals surface area contributed by atoms with Gasteiger partial charge in [-0.3, -0.25) is 9.59 Å². The van der Waals surface area contributed by atoms with Crippen LogP contribution in [0.2, 0.25) is 15.1 Å². The van der Waals surface area contributed by atoms with E-state index in [9.17, 15) is 9.59 Å². The summed E-state index contributed by atoms with van der Waals surface area (Å²) in [5, 5.41) is 6.86. The van der Waals surface area contributed by atoms with Gasteiger partial charge in [0.2, 0.25) is 6.41 Å². The SMILES string of the molecule is CC.CCCCCC.Cc1cccc(Cl)c1.O=CNc1cc(NC(=O)c2ccc(N3CCCCCS3)cc2Cl)ccc1Cl. The van der Waals surface area contributed by atoms with Gasteiger partial charge in [-0.05, 0) is 85.8 Å². The zero-order chi connectivity index (χ0) is 32.0. The molecule has 0 aromatic heterocycles. The van der Waals surface area contributed by atoms with Crippen molar-refractivity contribution in [1.29, 1.82) is 0 Å². The van der Waals surface area contributed by atoms with E-state index in [0.717, 1.165) is 29.4 Å². The predicted octanol–water partition coefficient (Wildman–Crippen LogP) is 11.7. The Morgan fingerprint density at radius 1 is 0.907 bits per heavy atom. The lowest BCUT2D eigenvalue weighted by atomic mass is 10.1. The molecule has 0 radical (unpaired) electrons. The van der Waals surface area contributed by atoms with Crippen molar-refractivity contribution in [1.82, 2.24) is 0 Å². The molecule has 1 heterocycles. The number of unbranched alkanes of at least 4 members (excludes halogenated alkanes) is 3. The fourth-order valence-corrected chi connectivity index (χ4v) is 5.65. The zero-order valence-corrected chi connectivity index (χ0v) is 29.1. The smallest absolute Gasteiger partial charge is 0.257 e. The van der Waals surface area contributed by atoms with Crippen LogP contribution in [0, 0.1) is 6.92 Å². The van der Waals surface area contributed by atoms with E-state index in [1.54, 1.807) is 36.2 Å². The summed E-state index contributed by atoms with van der Waals surface area (Å²) in [4.78, 5) is 23.2. The fourth-order valence-electron chi connectivity index (χ4n) is 3.90. The Balaban J connectivity index is 0.000000473. The van der Waals surface area contributed by atoms with Gasteiger partial charge in [0.15, 0.2) is 0 Å².